The minimum Gasteiger partial charge on any atom is -0.369 e. The molecule has 0 bridgehead atoms. The van der Waals surface area contributed by atoms with Gasteiger partial charge in [0, 0.05) is 60.0 Å². The van der Waals surface area contributed by atoms with Crippen LogP contribution in [0.3, 0.4) is 0 Å². The van der Waals surface area contributed by atoms with Crippen LogP contribution in [-0.4, -0.2) is 57.6 Å². The maximum Gasteiger partial charge on any atom is 0.242 e. The first-order valence-corrected chi connectivity index (χ1v) is 12.9. The van der Waals surface area contributed by atoms with E-state index in [4.69, 9.17) is 23.2 Å². The zero-order valence-corrected chi connectivity index (χ0v) is 21.2. The molecule has 1 fully saturated rings. The van der Waals surface area contributed by atoms with Gasteiger partial charge in [0.05, 0.1) is 5.52 Å². The number of rotatable bonds is 8. The van der Waals surface area contributed by atoms with E-state index in [0.717, 1.165) is 56.3 Å². The third-order valence-electron chi connectivity index (χ3n) is 5.67. The number of unbranched alkanes of at least 4 members (excludes halogenated alkanes) is 1. The van der Waals surface area contributed by atoms with Gasteiger partial charge in [-0.05, 0) is 61.9 Å². The average molecular weight is 530 g/mol. The van der Waals surface area contributed by atoms with Crippen LogP contribution in [-0.2, 0) is 10.0 Å². The van der Waals surface area contributed by atoms with Crippen molar-refractivity contribution in [3.63, 3.8) is 0 Å². The summed E-state index contributed by atoms with van der Waals surface area (Å²) >= 11 is 12.1. The lowest BCUT2D eigenvalue weighted by molar-refractivity contribution is 0.253. The summed E-state index contributed by atoms with van der Waals surface area (Å²) in [6.07, 6.45) is 3.10. The van der Waals surface area contributed by atoms with E-state index < -0.39 is 10.0 Å². The van der Waals surface area contributed by atoms with Gasteiger partial charge in [-0.2, -0.15) is 0 Å². The molecular formula is C23H27Cl3N4O2S. The minimum absolute atomic E-state index is 0. The number of hydrogen-bond acceptors (Lipinski definition) is 5. The normalized spacial score (nSPS) is 14.9. The fraction of sp³-hybridized carbons (Fsp3) is 0.348. The number of pyridine rings is 1. The molecule has 1 saturated heterocycles. The molecule has 2 aromatic carbocycles. The van der Waals surface area contributed by atoms with Crippen LogP contribution >= 0.6 is 35.6 Å². The van der Waals surface area contributed by atoms with E-state index in [1.165, 1.54) is 6.20 Å². The summed E-state index contributed by atoms with van der Waals surface area (Å²) < 4.78 is 27.9. The van der Waals surface area contributed by atoms with Crippen LogP contribution in [0.15, 0.2) is 59.6 Å². The van der Waals surface area contributed by atoms with E-state index in [9.17, 15) is 8.42 Å². The number of halogens is 3. The van der Waals surface area contributed by atoms with Crippen LogP contribution in [0.25, 0.3) is 10.9 Å². The topological polar surface area (TPSA) is 65.5 Å². The van der Waals surface area contributed by atoms with Crippen molar-refractivity contribution in [2.75, 3.05) is 44.2 Å². The molecule has 1 aliphatic rings. The minimum atomic E-state index is -3.60. The van der Waals surface area contributed by atoms with Crippen molar-refractivity contribution >= 4 is 62.2 Å². The highest BCUT2D eigenvalue weighted by molar-refractivity contribution is 7.89. The van der Waals surface area contributed by atoms with Crippen molar-refractivity contribution in [1.29, 1.82) is 0 Å². The van der Waals surface area contributed by atoms with Crippen molar-refractivity contribution in [3.8, 4) is 0 Å². The number of aromatic nitrogens is 1. The van der Waals surface area contributed by atoms with Crippen LogP contribution < -0.4 is 9.62 Å². The summed E-state index contributed by atoms with van der Waals surface area (Å²) in [5.74, 6) is 0. The highest BCUT2D eigenvalue weighted by Gasteiger charge is 2.18. The second-order valence-electron chi connectivity index (χ2n) is 7.92. The summed E-state index contributed by atoms with van der Waals surface area (Å²) in [5, 5.41) is 2.02. The lowest BCUT2D eigenvalue weighted by Crippen LogP contribution is -2.46. The molecule has 0 amide bonds. The molecule has 0 atom stereocenters. The van der Waals surface area contributed by atoms with Crippen LogP contribution in [0.5, 0.6) is 0 Å². The molecule has 178 valence electrons. The summed E-state index contributed by atoms with van der Waals surface area (Å²) in [6, 6.07) is 14.8. The Balaban J connectivity index is 0.00000306. The second kappa shape index (κ2) is 11.7. The number of anilines is 1. The van der Waals surface area contributed by atoms with Crippen LogP contribution in [0, 0.1) is 0 Å². The molecule has 0 radical (unpaired) electrons. The molecule has 0 unspecified atom stereocenters. The lowest BCUT2D eigenvalue weighted by atomic mass is 10.2. The Morgan fingerprint density at radius 2 is 1.70 bits per heavy atom. The van der Waals surface area contributed by atoms with Gasteiger partial charge in [0.25, 0.3) is 0 Å². The van der Waals surface area contributed by atoms with E-state index in [-0.39, 0.29) is 17.3 Å². The maximum atomic E-state index is 12.6. The Morgan fingerprint density at radius 3 is 2.45 bits per heavy atom. The van der Waals surface area contributed by atoms with E-state index >= 15 is 0 Å². The summed E-state index contributed by atoms with van der Waals surface area (Å²) in [6.45, 7) is 5.27. The van der Waals surface area contributed by atoms with Gasteiger partial charge in [0.15, 0.2) is 0 Å². The van der Waals surface area contributed by atoms with E-state index in [2.05, 4.69) is 25.6 Å². The van der Waals surface area contributed by atoms with Crippen molar-refractivity contribution < 1.29 is 8.42 Å². The van der Waals surface area contributed by atoms with Gasteiger partial charge >= 0.3 is 0 Å². The Hall–Kier alpha value is -1.61. The largest absolute Gasteiger partial charge is 0.369 e. The van der Waals surface area contributed by atoms with Crippen molar-refractivity contribution in [2.24, 2.45) is 0 Å². The number of fused-ring (bicyclic) bond motifs is 1. The van der Waals surface area contributed by atoms with E-state index in [1.54, 1.807) is 24.3 Å². The predicted octanol–water partition coefficient (Wildman–Crippen LogP) is 4.84. The standard InChI is InChI=1S/C23H26Cl2N4O2S.ClH/c24-19-4-3-5-21(16-19)29-12-10-28(11-13-29)9-2-1-8-27-32(30,31)22-15-18-14-20(25)6-7-23(18)26-17-22;/h3-7,14-17,27H,1-2,8-13H2;1H. The Bertz CT molecular complexity index is 1190. The summed E-state index contributed by atoms with van der Waals surface area (Å²) in [7, 11) is -3.60. The van der Waals surface area contributed by atoms with Gasteiger partial charge in [0.2, 0.25) is 10.0 Å². The molecule has 0 spiro atoms. The molecule has 1 aliphatic heterocycles. The third kappa shape index (κ3) is 6.94. The van der Waals surface area contributed by atoms with Crippen molar-refractivity contribution in [3.05, 3.63) is 64.8 Å². The monoisotopic (exact) mass is 528 g/mol. The molecule has 33 heavy (non-hydrogen) atoms. The third-order valence-corrected chi connectivity index (χ3v) is 7.57. The van der Waals surface area contributed by atoms with Gasteiger partial charge in [-0.1, -0.05) is 29.3 Å². The fourth-order valence-corrected chi connectivity index (χ4v) is 5.30. The van der Waals surface area contributed by atoms with Crippen molar-refractivity contribution in [1.82, 2.24) is 14.6 Å². The highest BCUT2D eigenvalue weighted by Crippen LogP contribution is 2.22. The molecule has 0 saturated carbocycles. The van der Waals surface area contributed by atoms with Gasteiger partial charge in [-0.25, -0.2) is 13.1 Å². The summed E-state index contributed by atoms with van der Waals surface area (Å²) in [4.78, 5) is 9.16. The van der Waals surface area contributed by atoms with Gasteiger partial charge in [-0.15, -0.1) is 12.4 Å². The highest BCUT2D eigenvalue weighted by atomic mass is 35.5. The second-order valence-corrected chi connectivity index (χ2v) is 10.6. The molecule has 1 N–H and O–H groups in total. The zero-order chi connectivity index (χ0) is 22.6. The first-order valence-electron chi connectivity index (χ1n) is 10.7. The molecule has 4 rings (SSSR count). The number of sulfonamides is 1. The first-order chi connectivity index (χ1) is 15.4. The molecule has 1 aromatic heterocycles. The molecule has 10 heteroatoms. The quantitative estimate of drug-likeness (QED) is 0.423. The van der Waals surface area contributed by atoms with E-state index in [1.807, 2.05) is 18.2 Å². The van der Waals surface area contributed by atoms with Gasteiger partial charge in [-0.3, -0.25) is 9.88 Å². The zero-order valence-electron chi connectivity index (χ0n) is 18.1. The number of benzene rings is 2. The lowest BCUT2D eigenvalue weighted by Gasteiger charge is -2.36. The smallest absolute Gasteiger partial charge is 0.242 e. The van der Waals surface area contributed by atoms with Gasteiger partial charge < -0.3 is 4.90 Å². The predicted molar refractivity (Wildman–Crippen MR) is 139 cm³/mol. The van der Waals surface area contributed by atoms with Crippen LogP contribution in [0.4, 0.5) is 5.69 Å². The molecule has 2 heterocycles. The average Bonchev–Trinajstić information content (AvgIpc) is 2.78. The number of nitrogens with one attached hydrogen (secondary N) is 1. The Kier molecular flexibility index (Phi) is 9.21. The Labute approximate surface area is 211 Å². The Morgan fingerprint density at radius 1 is 0.939 bits per heavy atom. The fourth-order valence-electron chi connectivity index (χ4n) is 3.88. The van der Waals surface area contributed by atoms with Crippen LogP contribution in [0.2, 0.25) is 10.0 Å². The molecule has 0 aliphatic carbocycles. The molecule has 3 aromatic rings. The molecule has 6 nitrogen and oxygen atoms in total. The SMILES string of the molecule is Cl.O=S(=O)(NCCCCN1CCN(c2cccc(Cl)c2)CC1)c1cnc2ccc(Cl)cc2c1. The summed E-state index contributed by atoms with van der Waals surface area (Å²) in [5.41, 5.74) is 1.88. The molecular weight excluding hydrogens is 503 g/mol. The maximum absolute atomic E-state index is 12.6. The van der Waals surface area contributed by atoms with Crippen LogP contribution in [0.1, 0.15) is 12.8 Å². The first kappa shape index (κ1) is 26.0. The number of piperazine rings is 1. The van der Waals surface area contributed by atoms with E-state index in [0.29, 0.717) is 22.5 Å². The number of nitrogens with zero attached hydrogens (tertiary/aromatic N) is 3. The number of hydrogen-bond donors (Lipinski definition) is 1. The van der Waals surface area contributed by atoms with Crippen molar-refractivity contribution in [2.45, 2.75) is 17.7 Å². The van der Waals surface area contributed by atoms with Gasteiger partial charge in [0.1, 0.15) is 4.90 Å².